The van der Waals surface area contributed by atoms with Crippen LogP contribution in [0.5, 0.6) is 0 Å². The van der Waals surface area contributed by atoms with Gasteiger partial charge in [0.15, 0.2) is 0 Å². The van der Waals surface area contributed by atoms with Crippen LogP contribution in [0, 0.1) is 0 Å². The zero-order valence-electron chi connectivity index (χ0n) is 14.6. The first-order valence-electron chi connectivity index (χ1n) is 9.23. The van der Waals surface area contributed by atoms with Crippen LogP contribution in [0.2, 0.25) is 5.02 Å². The maximum Gasteiger partial charge on any atom is 0.317 e. The van der Waals surface area contributed by atoms with Crippen molar-refractivity contribution in [2.24, 2.45) is 0 Å². The fraction of sp³-hybridized carbons (Fsp3) is 0.667. The molecule has 25 heavy (non-hydrogen) atoms. The third-order valence-electron chi connectivity index (χ3n) is 4.86. The summed E-state index contributed by atoms with van der Waals surface area (Å²) in [6, 6.07) is 3.81. The van der Waals surface area contributed by atoms with E-state index in [2.05, 4.69) is 15.2 Å². The van der Waals surface area contributed by atoms with Crippen molar-refractivity contribution in [3.8, 4) is 0 Å². The summed E-state index contributed by atoms with van der Waals surface area (Å²) in [5.74, 6) is 0.915. The largest absolute Gasteiger partial charge is 0.378 e. The van der Waals surface area contributed by atoms with E-state index in [1.54, 1.807) is 6.20 Å². The highest BCUT2D eigenvalue weighted by Crippen LogP contribution is 2.18. The Balaban J connectivity index is 1.30. The summed E-state index contributed by atoms with van der Waals surface area (Å²) in [5, 5.41) is 3.67. The molecule has 0 saturated carbocycles. The highest BCUT2D eigenvalue weighted by Gasteiger charge is 2.21. The number of carbonyl (C=O) groups is 1. The van der Waals surface area contributed by atoms with Crippen molar-refractivity contribution in [3.05, 3.63) is 23.4 Å². The maximum atomic E-state index is 12.2. The first-order chi connectivity index (χ1) is 12.2. The molecule has 6 nitrogen and oxygen atoms in total. The molecule has 1 aromatic heterocycles. The van der Waals surface area contributed by atoms with Gasteiger partial charge < -0.3 is 19.9 Å². The molecule has 3 rings (SSSR count). The average molecular weight is 367 g/mol. The fourth-order valence-electron chi connectivity index (χ4n) is 3.37. The second-order valence-corrected chi connectivity index (χ2v) is 7.11. The molecule has 138 valence electrons. The predicted molar refractivity (Wildman–Crippen MR) is 99.3 cm³/mol. The number of ether oxygens (including phenoxy) is 1. The van der Waals surface area contributed by atoms with Crippen LogP contribution in [-0.4, -0.2) is 61.3 Å². The Kier molecular flexibility index (Phi) is 6.76. The molecule has 7 heteroatoms. The van der Waals surface area contributed by atoms with Gasteiger partial charge in [0, 0.05) is 45.5 Å². The van der Waals surface area contributed by atoms with Gasteiger partial charge >= 0.3 is 6.03 Å². The molecule has 2 saturated heterocycles. The Bertz CT molecular complexity index is 541. The minimum absolute atomic E-state index is 0.0424. The lowest BCUT2D eigenvalue weighted by Gasteiger charge is -2.35. The zero-order chi connectivity index (χ0) is 17.5. The van der Waals surface area contributed by atoms with E-state index in [1.807, 2.05) is 17.0 Å². The molecule has 1 atom stereocenters. The number of hydrogen-bond donors (Lipinski definition) is 1. The summed E-state index contributed by atoms with van der Waals surface area (Å²) in [4.78, 5) is 20.6. The third-order valence-corrected chi connectivity index (χ3v) is 5.08. The lowest BCUT2D eigenvalue weighted by atomic mass is 10.1. The molecule has 0 aliphatic carbocycles. The molecule has 1 unspecified atom stereocenters. The summed E-state index contributed by atoms with van der Waals surface area (Å²) in [6.07, 6.45) is 7.74. The van der Waals surface area contributed by atoms with Crippen molar-refractivity contribution in [3.63, 3.8) is 0 Å². The highest BCUT2D eigenvalue weighted by molar-refractivity contribution is 6.30. The average Bonchev–Trinajstić information content (AvgIpc) is 3.15. The van der Waals surface area contributed by atoms with E-state index in [0.29, 0.717) is 24.2 Å². The molecule has 2 amide bonds. The molecule has 0 bridgehead atoms. The molecule has 1 N–H and O–H groups in total. The number of anilines is 1. The molecule has 2 aliphatic heterocycles. The topological polar surface area (TPSA) is 57.7 Å². The van der Waals surface area contributed by atoms with Gasteiger partial charge in [-0.2, -0.15) is 0 Å². The second kappa shape index (κ2) is 9.25. The predicted octanol–water partition coefficient (Wildman–Crippen LogP) is 2.92. The first kappa shape index (κ1) is 18.3. The number of nitrogens with zero attached hydrogens (tertiary/aromatic N) is 3. The van der Waals surface area contributed by atoms with Crippen LogP contribution < -0.4 is 10.2 Å². The number of unbranched alkanes of at least 4 members (excludes halogenated alkanes) is 1. The molecule has 0 spiro atoms. The number of nitrogens with one attached hydrogen (secondary N) is 1. The summed E-state index contributed by atoms with van der Waals surface area (Å²) < 4.78 is 5.62. The van der Waals surface area contributed by atoms with Crippen molar-refractivity contribution in [1.29, 1.82) is 0 Å². The number of amides is 2. The SMILES string of the molecule is O=C(NCCCCC1CCCO1)N1CCN(c2ccc(Cl)cn2)CC1. The van der Waals surface area contributed by atoms with Crippen LogP contribution in [0.3, 0.4) is 0 Å². The quantitative estimate of drug-likeness (QED) is 0.786. The van der Waals surface area contributed by atoms with Gasteiger partial charge in [0.25, 0.3) is 0 Å². The van der Waals surface area contributed by atoms with E-state index < -0.39 is 0 Å². The molecule has 0 radical (unpaired) electrons. The normalized spacial score (nSPS) is 20.8. The maximum absolute atomic E-state index is 12.2. The standard InChI is InChI=1S/C18H27ClN4O2/c19-15-6-7-17(21-14-15)22-9-11-23(12-10-22)18(24)20-8-2-1-4-16-5-3-13-25-16/h6-7,14,16H,1-5,8-13H2,(H,20,24). The number of pyridine rings is 1. The van der Waals surface area contributed by atoms with Crippen LogP contribution in [0.25, 0.3) is 0 Å². The van der Waals surface area contributed by atoms with Crippen molar-refractivity contribution in [2.75, 3.05) is 44.2 Å². The first-order valence-corrected chi connectivity index (χ1v) is 9.61. The second-order valence-electron chi connectivity index (χ2n) is 6.67. The van der Waals surface area contributed by atoms with Gasteiger partial charge in [0.05, 0.1) is 11.1 Å². The highest BCUT2D eigenvalue weighted by atomic mass is 35.5. The molecular formula is C18H27ClN4O2. The Hall–Kier alpha value is -1.53. The Morgan fingerprint density at radius 1 is 1.28 bits per heavy atom. The molecule has 2 aliphatic rings. The van der Waals surface area contributed by atoms with E-state index in [0.717, 1.165) is 51.3 Å². The summed E-state index contributed by atoms with van der Waals surface area (Å²) >= 11 is 5.87. The van der Waals surface area contributed by atoms with Crippen molar-refractivity contribution < 1.29 is 9.53 Å². The molecule has 0 aromatic carbocycles. The van der Waals surface area contributed by atoms with Crippen molar-refractivity contribution in [2.45, 2.75) is 38.2 Å². The Morgan fingerprint density at radius 3 is 2.80 bits per heavy atom. The number of urea groups is 1. The monoisotopic (exact) mass is 366 g/mol. The number of rotatable bonds is 6. The molecule has 2 fully saturated rings. The van der Waals surface area contributed by atoms with Crippen LogP contribution >= 0.6 is 11.6 Å². The third kappa shape index (κ3) is 5.47. The van der Waals surface area contributed by atoms with Gasteiger partial charge in [-0.15, -0.1) is 0 Å². The van der Waals surface area contributed by atoms with E-state index >= 15 is 0 Å². The van der Waals surface area contributed by atoms with Gasteiger partial charge in [-0.3, -0.25) is 0 Å². The van der Waals surface area contributed by atoms with E-state index in [4.69, 9.17) is 16.3 Å². The number of carbonyl (C=O) groups excluding carboxylic acids is 1. The van der Waals surface area contributed by atoms with E-state index in [1.165, 1.54) is 12.8 Å². The minimum Gasteiger partial charge on any atom is -0.378 e. The Morgan fingerprint density at radius 2 is 2.12 bits per heavy atom. The fourth-order valence-corrected chi connectivity index (χ4v) is 3.48. The van der Waals surface area contributed by atoms with Gasteiger partial charge in [-0.25, -0.2) is 9.78 Å². The summed E-state index contributed by atoms with van der Waals surface area (Å²) in [7, 11) is 0. The van der Waals surface area contributed by atoms with Gasteiger partial charge in [-0.05, 0) is 44.2 Å². The lowest BCUT2D eigenvalue weighted by Crippen LogP contribution is -2.52. The van der Waals surface area contributed by atoms with Crippen LogP contribution in [0.15, 0.2) is 18.3 Å². The zero-order valence-corrected chi connectivity index (χ0v) is 15.4. The van der Waals surface area contributed by atoms with E-state index in [-0.39, 0.29) is 6.03 Å². The van der Waals surface area contributed by atoms with Crippen LogP contribution in [0.4, 0.5) is 10.6 Å². The number of aromatic nitrogens is 1. The van der Waals surface area contributed by atoms with Gasteiger partial charge in [0.2, 0.25) is 0 Å². The molecule has 1 aromatic rings. The number of halogens is 1. The smallest absolute Gasteiger partial charge is 0.317 e. The van der Waals surface area contributed by atoms with Gasteiger partial charge in [0.1, 0.15) is 5.82 Å². The van der Waals surface area contributed by atoms with E-state index in [9.17, 15) is 4.79 Å². The van der Waals surface area contributed by atoms with Crippen LogP contribution in [-0.2, 0) is 4.74 Å². The van der Waals surface area contributed by atoms with Gasteiger partial charge in [-0.1, -0.05) is 11.6 Å². The summed E-state index contributed by atoms with van der Waals surface area (Å²) in [6.45, 7) is 4.67. The number of hydrogen-bond acceptors (Lipinski definition) is 4. The summed E-state index contributed by atoms with van der Waals surface area (Å²) in [5.41, 5.74) is 0. The van der Waals surface area contributed by atoms with Crippen molar-refractivity contribution >= 4 is 23.4 Å². The molecule has 3 heterocycles. The van der Waals surface area contributed by atoms with Crippen molar-refractivity contribution in [1.82, 2.24) is 15.2 Å². The van der Waals surface area contributed by atoms with Crippen LogP contribution in [0.1, 0.15) is 32.1 Å². The molecular weight excluding hydrogens is 340 g/mol. The minimum atomic E-state index is 0.0424. The number of piperazine rings is 1. The Labute approximate surface area is 154 Å². The lowest BCUT2D eigenvalue weighted by molar-refractivity contribution is 0.102.